The van der Waals surface area contributed by atoms with E-state index in [0.29, 0.717) is 5.92 Å². The Morgan fingerprint density at radius 2 is 1.67 bits per heavy atom. The lowest BCUT2D eigenvalue weighted by molar-refractivity contribution is -0.129. The van der Waals surface area contributed by atoms with Gasteiger partial charge in [0.25, 0.3) is 0 Å². The molecule has 2 bridgehead atoms. The van der Waals surface area contributed by atoms with Crippen molar-refractivity contribution in [2.75, 3.05) is 14.2 Å². The van der Waals surface area contributed by atoms with Crippen molar-refractivity contribution in [3.63, 3.8) is 0 Å². The van der Waals surface area contributed by atoms with E-state index in [4.69, 9.17) is 18.9 Å². The second-order valence-electron chi connectivity index (χ2n) is 14.4. The minimum absolute atomic E-state index is 0.00973. The van der Waals surface area contributed by atoms with E-state index in [1.165, 1.54) is 18.2 Å². The number of ether oxygens (including phenoxy) is 2. The van der Waals surface area contributed by atoms with Crippen LogP contribution in [0.5, 0.6) is 5.75 Å². The van der Waals surface area contributed by atoms with Crippen LogP contribution in [0, 0.1) is 18.3 Å². The van der Waals surface area contributed by atoms with Crippen molar-refractivity contribution < 1.29 is 23.5 Å². The monoisotopic (exact) mass is 625 g/mol. The summed E-state index contributed by atoms with van der Waals surface area (Å²) in [7, 11) is 3.12. The number of methoxy groups -OCH3 is 2. The average Bonchev–Trinajstić information content (AvgIpc) is 3.83. The highest BCUT2D eigenvalue weighted by Crippen LogP contribution is 2.62. The number of nitrogens with one attached hydrogen (secondary N) is 2. The summed E-state index contributed by atoms with van der Waals surface area (Å²) in [4.78, 5) is 30.6. The van der Waals surface area contributed by atoms with E-state index in [2.05, 4.69) is 60.0 Å². The van der Waals surface area contributed by atoms with Crippen LogP contribution >= 0.6 is 0 Å². The quantitative estimate of drug-likeness (QED) is 0.251. The number of benzene rings is 2. The van der Waals surface area contributed by atoms with E-state index in [1.54, 1.807) is 13.4 Å². The van der Waals surface area contributed by atoms with Crippen LogP contribution in [0.2, 0.25) is 0 Å². The van der Waals surface area contributed by atoms with Gasteiger partial charge in [0.2, 0.25) is 5.91 Å². The summed E-state index contributed by atoms with van der Waals surface area (Å²) >= 11 is 0. The molecule has 244 valence electrons. The van der Waals surface area contributed by atoms with Crippen molar-refractivity contribution in [3.8, 4) is 17.0 Å². The Morgan fingerprint density at radius 1 is 0.935 bits per heavy atom. The third-order valence-electron chi connectivity index (χ3n) is 11.8. The fourth-order valence-electron chi connectivity index (χ4n) is 8.68. The average molecular weight is 626 g/mol. The Morgan fingerprint density at radius 3 is 2.33 bits per heavy atom. The highest BCUT2D eigenvalue weighted by molar-refractivity contribution is 5.79. The summed E-state index contributed by atoms with van der Waals surface area (Å²) in [6.07, 6.45) is 13.3. The first-order chi connectivity index (χ1) is 22.3. The third-order valence-corrected chi connectivity index (χ3v) is 11.8. The number of hydrogen-bond acceptors (Lipinski definition) is 6. The zero-order valence-corrected chi connectivity index (χ0v) is 27.4. The molecule has 0 aliphatic heterocycles. The Hall–Kier alpha value is -3.81. The van der Waals surface area contributed by atoms with Crippen LogP contribution in [0.25, 0.3) is 11.3 Å². The van der Waals surface area contributed by atoms with Crippen LogP contribution in [-0.4, -0.2) is 37.2 Å². The number of alkyl carbamates (subject to hydrolysis) is 1. The van der Waals surface area contributed by atoms with E-state index < -0.39 is 6.09 Å². The second kappa shape index (κ2) is 12.4. The summed E-state index contributed by atoms with van der Waals surface area (Å²) in [5.41, 5.74) is 5.84. The fraction of sp³-hybridized carbons (Fsp3) is 0.553. The maximum Gasteiger partial charge on any atom is 0.407 e. The Bertz CT molecular complexity index is 1560. The molecule has 1 heterocycles. The van der Waals surface area contributed by atoms with Crippen LogP contribution in [0.15, 0.2) is 53.1 Å². The van der Waals surface area contributed by atoms with Gasteiger partial charge in [-0.25, -0.2) is 9.78 Å². The number of rotatable bonds is 9. The number of fused-ring (bicyclic) bond motifs is 3. The van der Waals surface area contributed by atoms with Gasteiger partial charge in [-0.15, -0.1) is 0 Å². The highest BCUT2D eigenvalue weighted by Gasteiger charge is 2.53. The summed E-state index contributed by atoms with van der Waals surface area (Å²) < 4.78 is 16.2. The SMILES string of the molecule is COC(=O)NC1CCC(C(=O)NC(c2cccc(-c3coc(C4CC4)n3)c2)C23CCC(c4ccc(OC)c(C)c4)(CC2)CC3)CC1. The van der Waals surface area contributed by atoms with Gasteiger partial charge in [-0.2, -0.15) is 0 Å². The minimum atomic E-state index is -0.404. The molecule has 5 fully saturated rings. The topological polar surface area (TPSA) is 103 Å². The van der Waals surface area contributed by atoms with Crippen molar-refractivity contribution in [2.45, 2.75) is 107 Å². The molecule has 1 atom stereocenters. The molecule has 0 radical (unpaired) electrons. The Balaban J connectivity index is 1.14. The molecule has 2 amide bonds. The lowest BCUT2D eigenvalue weighted by Gasteiger charge is -2.57. The van der Waals surface area contributed by atoms with Gasteiger partial charge >= 0.3 is 6.09 Å². The maximum atomic E-state index is 14.0. The number of nitrogens with zero attached hydrogens (tertiary/aromatic N) is 1. The van der Waals surface area contributed by atoms with E-state index >= 15 is 0 Å². The molecule has 5 saturated carbocycles. The first kappa shape index (κ1) is 30.8. The first-order valence-corrected chi connectivity index (χ1v) is 17.2. The van der Waals surface area contributed by atoms with Crippen LogP contribution in [0.1, 0.15) is 112 Å². The molecule has 2 aromatic carbocycles. The van der Waals surface area contributed by atoms with Gasteiger partial charge in [-0.1, -0.05) is 30.3 Å². The molecule has 1 aromatic heterocycles. The fourth-order valence-corrected chi connectivity index (χ4v) is 8.68. The molecule has 8 heteroatoms. The summed E-state index contributed by atoms with van der Waals surface area (Å²) in [5, 5.41) is 6.55. The molecule has 8 rings (SSSR count). The standard InChI is InChI=1S/C38H47N3O5/c1-24-21-29(11-14-32(24)44-2)37-15-18-38(19-16-37,20-17-37)33(41-34(42)25-9-12-30(13-10-25)39-36(43)45-3)28-6-4-5-27(22-28)31-23-46-35(40-31)26-7-8-26/h4-6,11,14,21-23,25-26,30,33H,7-10,12-13,15-20H2,1-3H3,(H,39,43)(H,41,42). The predicted octanol–water partition coefficient (Wildman–Crippen LogP) is 7.90. The number of carbonyl (C=O) groups excluding carboxylic acids is 2. The number of carbonyl (C=O) groups is 2. The van der Waals surface area contributed by atoms with Crippen molar-refractivity contribution in [1.29, 1.82) is 0 Å². The molecule has 46 heavy (non-hydrogen) atoms. The van der Waals surface area contributed by atoms with Crippen LogP contribution < -0.4 is 15.4 Å². The van der Waals surface area contributed by atoms with Crippen molar-refractivity contribution in [1.82, 2.24) is 15.6 Å². The second-order valence-corrected chi connectivity index (χ2v) is 14.4. The Kier molecular flexibility index (Phi) is 8.32. The number of aryl methyl sites for hydroxylation is 1. The molecule has 1 unspecified atom stereocenters. The zero-order chi connectivity index (χ0) is 31.9. The normalized spacial score (nSPS) is 27.9. The zero-order valence-electron chi connectivity index (χ0n) is 27.4. The molecule has 8 nitrogen and oxygen atoms in total. The van der Waals surface area contributed by atoms with Gasteiger partial charge in [0.15, 0.2) is 5.89 Å². The predicted molar refractivity (Wildman–Crippen MR) is 176 cm³/mol. The van der Waals surface area contributed by atoms with Crippen LogP contribution in [0.3, 0.4) is 0 Å². The number of amides is 2. The third kappa shape index (κ3) is 5.91. The highest BCUT2D eigenvalue weighted by atomic mass is 16.5. The van der Waals surface area contributed by atoms with Gasteiger partial charge in [0.05, 0.1) is 20.3 Å². The minimum Gasteiger partial charge on any atom is -0.496 e. The van der Waals surface area contributed by atoms with E-state index in [-0.39, 0.29) is 34.7 Å². The summed E-state index contributed by atoms with van der Waals surface area (Å²) in [6.45, 7) is 2.13. The van der Waals surface area contributed by atoms with E-state index in [1.807, 2.05) is 0 Å². The Labute approximate surface area is 272 Å². The van der Waals surface area contributed by atoms with Gasteiger partial charge in [-0.3, -0.25) is 4.79 Å². The lowest BCUT2D eigenvalue weighted by atomic mass is 9.49. The van der Waals surface area contributed by atoms with E-state index in [9.17, 15) is 9.59 Å². The van der Waals surface area contributed by atoms with Gasteiger partial charge in [0.1, 0.15) is 17.7 Å². The molecule has 3 aromatic rings. The van der Waals surface area contributed by atoms with Crippen LogP contribution in [-0.2, 0) is 14.9 Å². The summed E-state index contributed by atoms with van der Waals surface area (Å²) in [5.74, 6) is 2.30. The largest absolute Gasteiger partial charge is 0.496 e. The summed E-state index contributed by atoms with van der Waals surface area (Å²) in [6, 6.07) is 15.3. The van der Waals surface area contributed by atoms with Gasteiger partial charge < -0.3 is 24.5 Å². The first-order valence-electron chi connectivity index (χ1n) is 17.2. The van der Waals surface area contributed by atoms with Crippen molar-refractivity contribution in [2.24, 2.45) is 11.3 Å². The maximum absolute atomic E-state index is 14.0. The molecule has 0 spiro atoms. The number of hydrogen-bond donors (Lipinski definition) is 2. The van der Waals surface area contributed by atoms with Crippen molar-refractivity contribution in [3.05, 3.63) is 71.3 Å². The smallest absolute Gasteiger partial charge is 0.407 e. The molecule has 5 aliphatic carbocycles. The number of oxazole rings is 1. The van der Waals surface area contributed by atoms with Gasteiger partial charge in [0, 0.05) is 23.4 Å². The molecular formula is C38H47N3O5. The molecule has 2 N–H and O–H groups in total. The molecule has 5 aliphatic rings. The van der Waals surface area contributed by atoms with Crippen molar-refractivity contribution >= 4 is 12.0 Å². The van der Waals surface area contributed by atoms with E-state index in [0.717, 1.165) is 106 Å². The molecule has 0 saturated heterocycles. The lowest BCUT2D eigenvalue weighted by Crippen LogP contribution is -2.52. The number of aromatic nitrogens is 1. The van der Waals surface area contributed by atoms with Gasteiger partial charge in [-0.05, 0) is 124 Å². The van der Waals surface area contributed by atoms with Crippen LogP contribution in [0.4, 0.5) is 4.79 Å². The molecular weight excluding hydrogens is 578 g/mol.